The van der Waals surface area contributed by atoms with Crippen LogP contribution in [0.15, 0.2) is 18.3 Å². The molecular weight excluding hydrogens is 250 g/mol. The van der Waals surface area contributed by atoms with Crippen molar-refractivity contribution >= 4 is 11.7 Å². The van der Waals surface area contributed by atoms with Gasteiger partial charge in [0.25, 0.3) is 5.91 Å². The predicted molar refractivity (Wildman–Crippen MR) is 81.9 cm³/mol. The molecule has 0 aliphatic heterocycles. The van der Waals surface area contributed by atoms with Gasteiger partial charge in [-0.05, 0) is 37.3 Å². The minimum atomic E-state index is 0.0195. The fourth-order valence-corrected chi connectivity index (χ4v) is 2.76. The molecule has 0 saturated heterocycles. The molecule has 2 atom stereocenters. The third-order valence-electron chi connectivity index (χ3n) is 3.85. The topological polar surface area (TPSA) is 54.0 Å². The quantitative estimate of drug-likeness (QED) is 0.867. The summed E-state index contributed by atoms with van der Waals surface area (Å²) in [6.07, 6.45) is 7.42. The van der Waals surface area contributed by atoms with Gasteiger partial charge in [-0.2, -0.15) is 0 Å². The van der Waals surface area contributed by atoms with Gasteiger partial charge in [-0.15, -0.1) is 0 Å². The molecule has 2 N–H and O–H groups in total. The number of nitrogens with zero attached hydrogens (tertiary/aromatic N) is 1. The summed E-state index contributed by atoms with van der Waals surface area (Å²) in [5.74, 6) is 1.51. The lowest BCUT2D eigenvalue weighted by Crippen LogP contribution is -2.38. The molecule has 1 aliphatic carbocycles. The molecule has 0 aromatic carbocycles. The number of hydrogen-bond acceptors (Lipinski definition) is 3. The Labute approximate surface area is 121 Å². The highest BCUT2D eigenvalue weighted by Crippen LogP contribution is 2.23. The second kappa shape index (κ2) is 7.27. The van der Waals surface area contributed by atoms with Crippen LogP contribution >= 0.6 is 0 Å². The average Bonchev–Trinajstić information content (AvgIpc) is 2.45. The Balaban J connectivity index is 1.94. The summed E-state index contributed by atoms with van der Waals surface area (Å²) in [6.45, 7) is 5.24. The molecule has 1 saturated carbocycles. The monoisotopic (exact) mass is 275 g/mol. The van der Waals surface area contributed by atoms with Gasteiger partial charge in [0, 0.05) is 24.3 Å². The van der Waals surface area contributed by atoms with E-state index in [0.29, 0.717) is 17.5 Å². The SMILES string of the molecule is CCCNc1cc(C(=O)NC2CCCC(C)C2)ccn1. The van der Waals surface area contributed by atoms with E-state index in [1.807, 2.05) is 6.07 Å². The van der Waals surface area contributed by atoms with Crippen LogP contribution in [0.5, 0.6) is 0 Å². The van der Waals surface area contributed by atoms with Crippen molar-refractivity contribution in [1.29, 1.82) is 0 Å². The molecule has 1 aromatic rings. The number of pyridine rings is 1. The van der Waals surface area contributed by atoms with Crippen molar-refractivity contribution in [1.82, 2.24) is 10.3 Å². The molecule has 2 rings (SSSR count). The predicted octanol–water partition coefficient (Wildman–Crippen LogP) is 3.21. The van der Waals surface area contributed by atoms with Crippen LogP contribution in [-0.2, 0) is 0 Å². The highest BCUT2D eigenvalue weighted by Gasteiger charge is 2.20. The minimum Gasteiger partial charge on any atom is -0.370 e. The van der Waals surface area contributed by atoms with E-state index in [1.165, 1.54) is 12.8 Å². The van der Waals surface area contributed by atoms with Crippen LogP contribution in [0, 0.1) is 5.92 Å². The van der Waals surface area contributed by atoms with Gasteiger partial charge in [0.15, 0.2) is 0 Å². The maximum Gasteiger partial charge on any atom is 0.251 e. The third-order valence-corrected chi connectivity index (χ3v) is 3.85. The highest BCUT2D eigenvalue weighted by molar-refractivity contribution is 5.95. The first-order valence-corrected chi connectivity index (χ1v) is 7.69. The van der Waals surface area contributed by atoms with E-state index in [4.69, 9.17) is 0 Å². The molecule has 110 valence electrons. The summed E-state index contributed by atoms with van der Waals surface area (Å²) in [5.41, 5.74) is 0.692. The first-order valence-electron chi connectivity index (χ1n) is 7.69. The largest absolute Gasteiger partial charge is 0.370 e. The van der Waals surface area contributed by atoms with Gasteiger partial charge in [-0.3, -0.25) is 4.79 Å². The van der Waals surface area contributed by atoms with E-state index in [-0.39, 0.29) is 5.91 Å². The Kier molecular flexibility index (Phi) is 5.39. The molecule has 0 radical (unpaired) electrons. The van der Waals surface area contributed by atoms with Crippen molar-refractivity contribution in [3.05, 3.63) is 23.9 Å². The molecule has 1 aromatic heterocycles. The number of carbonyl (C=O) groups excluding carboxylic acids is 1. The van der Waals surface area contributed by atoms with Crippen LogP contribution in [0.3, 0.4) is 0 Å². The summed E-state index contributed by atoms with van der Waals surface area (Å²) in [7, 11) is 0. The number of nitrogens with one attached hydrogen (secondary N) is 2. The van der Waals surface area contributed by atoms with Crippen LogP contribution in [0.2, 0.25) is 0 Å². The molecule has 4 nitrogen and oxygen atoms in total. The highest BCUT2D eigenvalue weighted by atomic mass is 16.1. The molecular formula is C16H25N3O. The Morgan fingerprint density at radius 3 is 3.05 bits per heavy atom. The van der Waals surface area contributed by atoms with Crippen LogP contribution in [0.25, 0.3) is 0 Å². The van der Waals surface area contributed by atoms with E-state index in [9.17, 15) is 4.79 Å². The van der Waals surface area contributed by atoms with Crippen molar-refractivity contribution in [3.8, 4) is 0 Å². The summed E-state index contributed by atoms with van der Waals surface area (Å²) >= 11 is 0. The van der Waals surface area contributed by atoms with Gasteiger partial charge in [0.2, 0.25) is 0 Å². The lowest BCUT2D eigenvalue weighted by molar-refractivity contribution is 0.0921. The van der Waals surface area contributed by atoms with Crippen LogP contribution in [0.1, 0.15) is 56.3 Å². The van der Waals surface area contributed by atoms with Gasteiger partial charge in [0.05, 0.1) is 0 Å². The summed E-state index contributed by atoms with van der Waals surface area (Å²) < 4.78 is 0. The molecule has 4 heteroatoms. The number of carbonyl (C=O) groups is 1. The molecule has 20 heavy (non-hydrogen) atoms. The van der Waals surface area contributed by atoms with Crippen molar-refractivity contribution in [2.45, 2.75) is 52.0 Å². The summed E-state index contributed by atoms with van der Waals surface area (Å²) in [6, 6.07) is 3.93. The Hall–Kier alpha value is -1.58. The van der Waals surface area contributed by atoms with E-state index < -0.39 is 0 Å². The number of anilines is 1. The Morgan fingerprint density at radius 2 is 2.30 bits per heavy atom. The van der Waals surface area contributed by atoms with Gasteiger partial charge in [-0.1, -0.05) is 26.7 Å². The van der Waals surface area contributed by atoms with E-state index in [2.05, 4.69) is 29.5 Å². The standard InChI is InChI=1S/C16H25N3O/c1-3-8-17-15-11-13(7-9-18-15)16(20)19-14-6-4-5-12(2)10-14/h7,9,11-12,14H,3-6,8,10H2,1-2H3,(H,17,18)(H,19,20). The minimum absolute atomic E-state index is 0.0195. The molecule has 1 fully saturated rings. The number of amides is 1. The first-order chi connectivity index (χ1) is 9.69. The van der Waals surface area contributed by atoms with Crippen LogP contribution in [0.4, 0.5) is 5.82 Å². The zero-order valence-corrected chi connectivity index (χ0v) is 12.5. The smallest absolute Gasteiger partial charge is 0.251 e. The van der Waals surface area contributed by atoms with E-state index >= 15 is 0 Å². The molecule has 0 spiro atoms. The lowest BCUT2D eigenvalue weighted by Gasteiger charge is -2.27. The molecule has 1 aliphatic rings. The number of hydrogen-bond donors (Lipinski definition) is 2. The fraction of sp³-hybridized carbons (Fsp3) is 0.625. The summed E-state index contributed by atoms with van der Waals surface area (Å²) in [5, 5.41) is 6.36. The van der Waals surface area contributed by atoms with Crippen molar-refractivity contribution in [2.75, 3.05) is 11.9 Å². The van der Waals surface area contributed by atoms with Gasteiger partial charge in [0.1, 0.15) is 5.82 Å². The number of rotatable bonds is 5. The molecule has 1 heterocycles. The molecule has 2 unspecified atom stereocenters. The second-order valence-electron chi connectivity index (χ2n) is 5.80. The Bertz CT molecular complexity index is 447. The van der Waals surface area contributed by atoms with E-state index in [1.54, 1.807) is 12.3 Å². The normalized spacial score (nSPS) is 22.3. The zero-order valence-electron chi connectivity index (χ0n) is 12.5. The zero-order chi connectivity index (χ0) is 14.4. The van der Waals surface area contributed by atoms with Gasteiger partial charge >= 0.3 is 0 Å². The lowest BCUT2D eigenvalue weighted by atomic mass is 9.87. The fourth-order valence-electron chi connectivity index (χ4n) is 2.76. The third kappa shape index (κ3) is 4.22. The maximum atomic E-state index is 12.3. The molecule has 1 amide bonds. The van der Waals surface area contributed by atoms with Gasteiger partial charge < -0.3 is 10.6 Å². The van der Waals surface area contributed by atoms with Crippen molar-refractivity contribution in [3.63, 3.8) is 0 Å². The van der Waals surface area contributed by atoms with Crippen molar-refractivity contribution < 1.29 is 4.79 Å². The number of aromatic nitrogens is 1. The summed E-state index contributed by atoms with van der Waals surface area (Å²) in [4.78, 5) is 16.5. The van der Waals surface area contributed by atoms with Crippen LogP contribution < -0.4 is 10.6 Å². The van der Waals surface area contributed by atoms with Crippen LogP contribution in [-0.4, -0.2) is 23.5 Å². The van der Waals surface area contributed by atoms with Crippen molar-refractivity contribution in [2.24, 2.45) is 5.92 Å². The average molecular weight is 275 g/mol. The van der Waals surface area contributed by atoms with E-state index in [0.717, 1.165) is 31.6 Å². The molecule has 0 bridgehead atoms. The first kappa shape index (κ1) is 14.8. The second-order valence-corrected chi connectivity index (χ2v) is 5.80. The Morgan fingerprint density at radius 1 is 1.45 bits per heavy atom. The van der Waals surface area contributed by atoms with Gasteiger partial charge in [-0.25, -0.2) is 4.98 Å². The maximum absolute atomic E-state index is 12.3.